The van der Waals surface area contributed by atoms with E-state index in [9.17, 15) is 39.3 Å². The maximum absolute atomic E-state index is 13.4. The molecule has 0 spiro atoms. The summed E-state index contributed by atoms with van der Waals surface area (Å²) in [6.45, 7) is 2.62. The molecular formula is C26H28BClN6O10S3. The quantitative estimate of drug-likeness (QED) is 0.0605. The zero-order valence-electron chi connectivity index (χ0n) is 25.0. The molecular weight excluding hydrogens is 699 g/mol. The number of amides is 2. The number of halogens is 1. The molecule has 3 heterocycles. The number of Topliss-reactive ketones (excluding diaryl/α,β-unsaturated/α-hetero) is 1. The first-order valence-corrected chi connectivity index (χ1v) is 16.6. The Balaban J connectivity index is 1.42. The van der Waals surface area contributed by atoms with Crippen molar-refractivity contribution < 1.29 is 48.8 Å². The number of phenolic OH excluding ortho intramolecular Hbond substituents is 2. The molecule has 2 radical (unpaired) electrons. The van der Waals surface area contributed by atoms with Gasteiger partial charge in [0.2, 0.25) is 11.5 Å². The van der Waals surface area contributed by atoms with Crippen molar-refractivity contribution in [1.29, 1.82) is 0 Å². The number of nitrogens with one attached hydrogen (secondary N) is 1. The first-order chi connectivity index (χ1) is 22.0. The number of aliphatic carboxylic acids is 1. The number of carbonyl (C=O) groups excluding carboxylic acids is 4. The minimum atomic E-state index is -1.77. The van der Waals surface area contributed by atoms with E-state index < -0.39 is 62.0 Å². The maximum Gasteiger partial charge on any atom is 0.378 e. The Morgan fingerprint density at radius 2 is 2.04 bits per heavy atom. The number of carboxylic acid groups (broad SMARTS) is 1. The van der Waals surface area contributed by atoms with Gasteiger partial charge in [0.25, 0.3) is 5.91 Å². The molecule has 47 heavy (non-hydrogen) atoms. The number of hydrogen-bond acceptors (Lipinski definition) is 16. The number of hydrogen-bond donors (Lipinski definition) is 5. The van der Waals surface area contributed by atoms with E-state index in [1.807, 2.05) is 0 Å². The van der Waals surface area contributed by atoms with Crippen molar-refractivity contribution in [1.82, 2.24) is 20.3 Å². The van der Waals surface area contributed by atoms with Crippen LogP contribution in [0.1, 0.15) is 36.3 Å². The molecule has 2 aromatic rings. The van der Waals surface area contributed by atoms with Gasteiger partial charge in [0, 0.05) is 31.1 Å². The number of β-lactam (4-membered cyclic amide) rings is 1. The van der Waals surface area contributed by atoms with Crippen LogP contribution in [-0.2, 0) is 28.7 Å². The lowest BCUT2D eigenvalue weighted by Crippen LogP contribution is -2.57. The second kappa shape index (κ2) is 14.2. The number of phenols is 2. The highest BCUT2D eigenvalue weighted by molar-refractivity contribution is 8.20. The van der Waals surface area contributed by atoms with Crippen LogP contribution in [0.25, 0.3) is 0 Å². The largest absolute Gasteiger partial charge is 0.542 e. The van der Waals surface area contributed by atoms with Crippen molar-refractivity contribution in [3.8, 4) is 11.5 Å². The predicted octanol–water partition coefficient (Wildman–Crippen LogP) is 1.20. The van der Waals surface area contributed by atoms with Gasteiger partial charge in [-0.2, -0.15) is 0 Å². The summed E-state index contributed by atoms with van der Waals surface area (Å²) in [6, 6.07) is 2.36. The summed E-state index contributed by atoms with van der Waals surface area (Å²) in [4.78, 5) is 74.2. The van der Waals surface area contributed by atoms with Gasteiger partial charge >= 0.3 is 20.0 Å². The number of carbonyl (C=O) groups is 5. The molecule has 2 aliphatic rings. The molecule has 16 nitrogen and oxygen atoms in total. The maximum atomic E-state index is 13.4. The topological polar surface area (TPSA) is 234 Å². The number of aromatic hydroxyl groups is 2. The van der Waals surface area contributed by atoms with Gasteiger partial charge in [0.05, 0.1) is 28.4 Å². The highest BCUT2D eigenvalue weighted by Crippen LogP contribution is 2.55. The number of nitrogens with two attached hydrogens (primary N) is 1. The summed E-state index contributed by atoms with van der Waals surface area (Å²) in [7, 11) is 6.81. The number of anilines is 1. The van der Waals surface area contributed by atoms with Gasteiger partial charge in [-0.25, -0.2) is 14.8 Å². The van der Waals surface area contributed by atoms with Crippen molar-refractivity contribution in [2.24, 2.45) is 11.1 Å². The molecule has 2 amide bonds. The average Bonchev–Trinajstić information content (AvgIpc) is 3.60. The van der Waals surface area contributed by atoms with Crippen molar-refractivity contribution in [2.75, 3.05) is 31.6 Å². The van der Waals surface area contributed by atoms with Crippen LogP contribution in [0.5, 0.6) is 11.5 Å². The van der Waals surface area contributed by atoms with E-state index in [0.717, 1.165) is 40.9 Å². The zero-order chi connectivity index (χ0) is 34.8. The summed E-state index contributed by atoms with van der Waals surface area (Å²) in [6.07, 6.45) is -0.345. The summed E-state index contributed by atoms with van der Waals surface area (Å²) in [5.74, 6) is -5.57. The lowest BCUT2D eigenvalue weighted by molar-refractivity contribution is -0.161. The van der Waals surface area contributed by atoms with Crippen molar-refractivity contribution in [3.05, 3.63) is 33.8 Å². The fourth-order valence-corrected chi connectivity index (χ4v) is 8.53. The molecule has 3 atom stereocenters. The van der Waals surface area contributed by atoms with Crippen LogP contribution in [0, 0.1) is 5.92 Å². The van der Waals surface area contributed by atoms with Gasteiger partial charge in [0.15, 0.2) is 32.2 Å². The fourth-order valence-electron chi connectivity index (χ4n) is 4.39. The first-order valence-electron chi connectivity index (χ1n) is 13.5. The van der Waals surface area contributed by atoms with Gasteiger partial charge in [-0.1, -0.05) is 16.8 Å². The summed E-state index contributed by atoms with van der Waals surface area (Å²) >= 11 is 9.22. The molecule has 6 N–H and O–H groups in total. The van der Waals surface area contributed by atoms with E-state index in [1.54, 1.807) is 7.05 Å². The highest BCUT2D eigenvalue weighted by atomic mass is 35.5. The third kappa shape index (κ3) is 7.56. The van der Waals surface area contributed by atoms with Crippen LogP contribution in [0.2, 0.25) is 5.02 Å². The lowest BCUT2D eigenvalue weighted by Gasteiger charge is -2.41. The van der Waals surface area contributed by atoms with Gasteiger partial charge in [-0.05, 0) is 26.0 Å². The summed E-state index contributed by atoms with van der Waals surface area (Å²) < 4.78 is 3.23. The number of nitrogen functional groups attached to an aromatic ring is 1. The fraction of sp³-hybridized carbons (Fsp3) is 0.423. The monoisotopic (exact) mass is 726 g/mol. The molecule has 1 aromatic heterocycles. The average molecular weight is 727 g/mol. The Kier molecular flexibility index (Phi) is 10.9. The van der Waals surface area contributed by atoms with Crippen LogP contribution in [-0.4, -0.2) is 114 Å². The lowest BCUT2D eigenvalue weighted by atomic mass is 9.90. The number of oxime groups is 1. The third-order valence-corrected chi connectivity index (χ3v) is 11.4. The highest BCUT2D eigenvalue weighted by Gasteiger charge is 2.62. The molecule has 0 aliphatic carbocycles. The number of thioether (sulfide) groups is 2. The molecule has 2 aliphatic heterocycles. The molecule has 21 heteroatoms. The van der Waals surface area contributed by atoms with Crippen molar-refractivity contribution in [2.45, 2.75) is 35.3 Å². The Morgan fingerprint density at radius 1 is 1.34 bits per heavy atom. The van der Waals surface area contributed by atoms with Gasteiger partial charge in [-0.15, -0.1) is 34.9 Å². The van der Waals surface area contributed by atoms with E-state index >= 15 is 0 Å². The Bertz CT molecular complexity index is 1640. The number of aromatic nitrogens is 1. The number of nitrogens with zero attached hydrogens (tertiary/aromatic N) is 4. The van der Waals surface area contributed by atoms with Gasteiger partial charge in [-0.3, -0.25) is 24.6 Å². The number of fused-ring (bicyclic) bond motifs is 1. The molecule has 0 bridgehead atoms. The van der Waals surface area contributed by atoms with Gasteiger partial charge in [0.1, 0.15) is 5.69 Å². The smallest absolute Gasteiger partial charge is 0.378 e. The van der Waals surface area contributed by atoms with Crippen LogP contribution in [0.3, 0.4) is 0 Å². The third-order valence-electron chi connectivity index (χ3n) is 7.07. The standard InChI is InChI=1S/C26H28BClN6O10S3/c1-25(2,22(40)41)44-32-17(13-9-45-24(29)30-13)15(36)8-12-20(39)34-10-26(23(42)43-27,47-21(12)34)46-7-6-33(3)31-19(38)11-4-5-14(35)18(37)16(11)28/h4-5,9,12,21,35,37H,6-8,10H2,1-3H3,(H2,29,30)(H,31,38)(H,40,41)/b32-17-/t12-,21-,26-/m1/s1. The van der Waals surface area contributed by atoms with Crippen molar-refractivity contribution in [3.63, 3.8) is 0 Å². The normalized spacial score (nSPS) is 20.8. The Labute approximate surface area is 286 Å². The first kappa shape index (κ1) is 36.1. The van der Waals surface area contributed by atoms with Crippen LogP contribution in [0.4, 0.5) is 5.13 Å². The number of thiazole rings is 1. The zero-order valence-corrected chi connectivity index (χ0v) is 28.2. The second-order valence-corrected chi connectivity index (χ2v) is 15.1. The second-order valence-electron chi connectivity index (χ2n) is 10.8. The van der Waals surface area contributed by atoms with E-state index in [2.05, 4.69) is 20.2 Å². The molecule has 0 saturated carbocycles. The van der Waals surface area contributed by atoms with Crippen LogP contribution < -0.4 is 11.2 Å². The van der Waals surface area contributed by atoms with E-state index in [-0.39, 0.29) is 52.4 Å². The number of ketones is 1. The van der Waals surface area contributed by atoms with Gasteiger partial charge < -0.3 is 35.4 Å². The number of hydrazine groups is 1. The Morgan fingerprint density at radius 3 is 2.66 bits per heavy atom. The number of carboxylic acids is 1. The van der Waals surface area contributed by atoms with E-state index in [0.29, 0.717) is 0 Å². The Hall–Kier alpha value is -3.72. The van der Waals surface area contributed by atoms with Crippen LogP contribution in [0.15, 0.2) is 22.7 Å². The van der Waals surface area contributed by atoms with Crippen LogP contribution >= 0.6 is 46.5 Å². The molecule has 0 unspecified atom stereocenters. The summed E-state index contributed by atoms with van der Waals surface area (Å²) in [5, 5.41) is 34.6. The van der Waals surface area contributed by atoms with E-state index in [1.165, 1.54) is 35.2 Å². The SMILES string of the molecule is [B]OC(=O)[C@@]1(SCCN(C)NC(=O)c2ccc(O)c(O)c2Cl)CN2C(=O)[C@@H](CC(=O)/C(=N\OC(C)(C)C(=O)O)c3csc(N)n3)[C@H]2S1. The molecule has 2 fully saturated rings. The molecule has 1 aromatic carbocycles. The van der Waals surface area contributed by atoms with E-state index in [4.69, 9.17) is 30.2 Å². The number of rotatable bonds is 14. The molecule has 250 valence electrons. The van der Waals surface area contributed by atoms with Crippen molar-refractivity contribution >= 4 is 94.9 Å². The predicted molar refractivity (Wildman–Crippen MR) is 174 cm³/mol. The summed E-state index contributed by atoms with van der Waals surface area (Å²) in [5.41, 5.74) is 6.18. The molecule has 4 rings (SSSR count). The minimum Gasteiger partial charge on any atom is -0.542 e. The number of benzene rings is 1. The molecule has 2 saturated heterocycles. The minimum absolute atomic E-state index is 0.0544.